The van der Waals surface area contributed by atoms with Crippen molar-refractivity contribution in [3.8, 4) is 0 Å². The van der Waals surface area contributed by atoms with E-state index in [0.717, 1.165) is 0 Å². The van der Waals surface area contributed by atoms with Gasteiger partial charge in [0.15, 0.2) is 0 Å². The molecule has 2 heterocycles. The Labute approximate surface area is 140 Å². The van der Waals surface area contributed by atoms with Crippen LogP contribution in [0, 0.1) is 5.92 Å². The Morgan fingerprint density at radius 2 is 1.67 bits per heavy atom. The zero-order valence-corrected chi connectivity index (χ0v) is 13.7. The monoisotopic (exact) mass is 348 g/mol. The third kappa shape index (κ3) is 3.87. The van der Waals surface area contributed by atoms with E-state index in [1.165, 1.54) is 0 Å². The average Bonchev–Trinajstić information content (AvgIpc) is 2.57. The molecule has 1 saturated carbocycles. The van der Waals surface area contributed by atoms with Gasteiger partial charge in [-0.1, -0.05) is 0 Å². The lowest BCUT2D eigenvalue weighted by atomic mass is 9.85. The van der Waals surface area contributed by atoms with E-state index in [1.807, 2.05) is 4.90 Å². The first-order chi connectivity index (χ1) is 11.4. The smallest absolute Gasteiger partial charge is 0.248 e. The van der Waals surface area contributed by atoms with Gasteiger partial charge in [0.1, 0.15) is 6.10 Å². The highest BCUT2D eigenvalue weighted by Gasteiger charge is 2.40. The fraction of sp³-hybridized carbons (Fsp3) is 0.938. The van der Waals surface area contributed by atoms with E-state index in [1.54, 1.807) is 4.90 Å². The number of aliphatic hydroxyl groups is 2. The number of rotatable bonds is 2. The third-order valence-electron chi connectivity index (χ3n) is 5.53. The van der Waals surface area contributed by atoms with Crippen LogP contribution < -0.4 is 0 Å². The van der Waals surface area contributed by atoms with Crippen molar-refractivity contribution >= 4 is 5.91 Å². The van der Waals surface area contributed by atoms with Crippen molar-refractivity contribution < 1.29 is 28.5 Å². The third-order valence-corrected chi connectivity index (χ3v) is 5.53. The fourth-order valence-corrected chi connectivity index (χ4v) is 3.90. The minimum Gasteiger partial charge on any atom is -0.389 e. The number of halogens is 2. The van der Waals surface area contributed by atoms with Crippen molar-refractivity contribution in [2.75, 3.05) is 39.4 Å². The number of amides is 1. The summed E-state index contributed by atoms with van der Waals surface area (Å²) in [6, 6.07) is -0.264. The van der Waals surface area contributed by atoms with Gasteiger partial charge in [-0.25, -0.2) is 8.78 Å². The van der Waals surface area contributed by atoms with Crippen LogP contribution in [0.1, 0.15) is 25.7 Å². The van der Waals surface area contributed by atoms with E-state index >= 15 is 0 Å². The van der Waals surface area contributed by atoms with E-state index in [2.05, 4.69) is 0 Å². The van der Waals surface area contributed by atoms with Crippen LogP contribution >= 0.6 is 0 Å². The van der Waals surface area contributed by atoms with Gasteiger partial charge in [0.2, 0.25) is 11.8 Å². The van der Waals surface area contributed by atoms with Gasteiger partial charge in [0, 0.05) is 44.9 Å². The summed E-state index contributed by atoms with van der Waals surface area (Å²) in [7, 11) is 0. The van der Waals surface area contributed by atoms with Gasteiger partial charge in [0.25, 0.3) is 0 Å². The Morgan fingerprint density at radius 1 is 1.04 bits per heavy atom. The fourth-order valence-electron chi connectivity index (χ4n) is 3.90. The van der Waals surface area contributed by atoms with Crippen molar-refractivity contribution in [2.24, 2.45) is 5.92 Å². The minimum absolute atomic E-state index is 0.0226. The first-order valence-electron chi connectivity index (χ1n) is 8.72. The highest BCUT2D eigenvalue weighted by Crippen LogP contribution is 2.37. The van der Waals surface area contributed by atoms with Crippen LogP contribution in [0.2, 0.25) is 0 Å². The molecule has 0 aromatic rings. The lowest BCUT2D eigenvalue weighted by Gasteiger charge is -2.44. The van der Waals surface area contributed by atoms with Crippen molar-refractivity contribution in [3.05, 3.63) is 0 Å². The summed E-state index contributed by atoms with van der Waals surface area (Å²) in [5.41, 5.74) is 0. The summed E-state index contributed by atoms with van der Waals surface area (Å²) in [5, 5.41) is 19.8. The van der Waals surface area contributed by atoms with Crippen LogP contribution in [-0.4, -0.2) is 89.5 Å². The van der Waals surface area contributed by atoms with Gasteiger partial charge >= 0.3 is 0 Å². The Hall–Kier alpha value is -0.830. The second kappa shape index (κ2) is 7.19. The Kier molecular flexibility index (Phi) is 5.39. The van der Waals surface area contributed by atoms with E-state index in [4.69, 9.17) is 4.74 Å². The number of carbonyl (C=O) groups excluding carboxylic acids is 1. The molecule has 1 amide bonds. The number of hydrogen-bond donors (Lipinski definition) is 2. The molecule has 0 unspecified atom stereocenters. The summed E-state index contributed by atoms with van der Waals surface area (Å²) in [4.78, 5) is 16.3. The predicted molar refractivity (Wildman–Crippen MR) is 81.7 cm³/mol. The van der Waals surface area contributed by atoms with Gasteiger partial charge in [0.05, 0.1) is 25.4 Å². The molecule has 3 aliphatic rings. The number of piperazine rings is 1. The largest absolute Gasteiger partial charge is 0.389 e. The second-order valence-corrected chi connectivity index (χ2v) is 7.15. The van der Waals surface area contributed by atoms with Crippen molar-refractivity contribution in [3.63, 3.8) is 0 Å². The molecule has 0 bridgehead atoms. The molecule has 24 heavy (non-hydrogen) atoms. The van der Waals surface area contributed by atoms with Gasteiger partial charge in [-0.15, -0.1) is 0 Å². The van der Waals surface area contributed by atoms with Crippen molar-refractivity contribution in [1.82, 2.24) is 9.80 Å². The average molecular weight is 348 g/mol. The Morgan fingerprint density at radius 3 is 2.29 bits per heavy atom. The first-order valence-corrected chi connectivity index (χ1v) is 8.72. The highest BCUT2D eigenvalue weighted by molar-refractivity contribution is 5.79. The Balaban J connectivity index is 1.49. The first kappa shape index (κ1) is 18.0. The summed E-state index contributed by atoms with van der Waals surface area (Å²) in [6.07, 6.45) is -1.62. The highest BCUT2D eigenvalue weighted by atomic mass is 19.3. The van der Waals surface area contributed by atoms with Crippen molar-refractivity contribution in [2.45, 2.75) is 49.9 Å². The quantitative estimate of drug-likeness (QED) is 0.739. The number of hydrogen-bond acceptors (Lipinski definition) is 5. The number of ether oxygens (including phenoxy) is 1. The molecular weight excluding hydrogens is 322 g/mol. The summed E-state index contributed by atoms with van der Waals surface area (Å²) < 4.78 is 31.7. The van der Waals surface area contributed by atoms with Crippen LogP contribution in [-0.2, 0) is 9.53 Å². The minimum atomic E-state index is -2.62. The van der Waals surface area contributed by atoms with E-state index < -0.39 is 18.1 Å². The molecule has 2 N–H and O–H groups in total. The molecule has 0 aromatic carbocycles. The zero-order valence-electron chi connectivity index (χ0n) is 13.7. The SMILES string of the molecule is O=C(C1CCC(F)(F)CC1)N1CCN([C@@H]2COC[C@@H](O)[C@H]2O)CC1. The summed E-state index contributed by atoms with van der Waals surface area (Å²) in [6.45, 7) is 2.72. The molecule has 3 atom stereocenters. The molecule has 2 saturated heterocycles. The van der Waals surface area contributed by atoms with Crippen LogP contribution in [0.3, 0.4) is 0 Å². The topological polar surface area (TPSA) is 73.2 Å². The number of carbonyl (C=O) groups is 1. The standard InChI is InChI=1S/C16H26F2N2O4/c17-16(18)3-1-11(2-4-16)15(23)20-7-5-19(6-8-20)12-9-24-10-13(21)14(12)22/h11-14,21-22H,1-10H2/t12-,13-,14+/m1/s1. The van der Waals surface area contributed by atoms with Gasteiger partial charge in [-0.2, -0.15) is 0 Å². The van der Waals surface area contributed by atoms with Gasteiger partial charge < -0.3 is 19.8 Å². The molecule has 8 heteroatoms. The zero-order chi connectivity index (χ0) is 17.3. The van der Waals surface area contributed by atoms with Gasteiger partial charge in [-0.05, 0) is 12.8 Å². The molecular formula is C16H26F2N2O4. The van der Waals surface area contributed by atoms with Crippen LogP contribution in [0.5, 0.6) is 0 Å². The molecule has 0 spiro atoms. The summed E-state index contributed by atoms with van der Waals surface area (Å²) >= 11 is 0. The van der Waals surface area contributed by atoms with E-state index in [0.29, 0.717) is 32.8 Å². The van der Waals surface area contributed by atoms with Crippen LogP contribution in [0.15, 0.2) is 0 Å². The number of nitrogens with zero attached hydrogens (tertiary/aromatic N) is 2. The summed E-state index contributed by atoms with van der Waals surface area (Å²) in [5.74, 6) is -2.93. The lowest BCUT2D eigenvalue weighted by molar-refractivity contribution is -0.149. The van der Waals surface area contributed by atoms with E-state index in [-0.39, 0.29) is 50.2 Å². The number of aliphatic hydroxyl groups excluding tert-OH is 2. The molecule has 0 radical (unpaired) electrons. The van der Waals surface area contributed by atoms with E-state index in [9.17, 15) is 23.8 Å². The van der Waals surface area contributed by atoms with Crippen molar-refractivity contribution in [1.29, 1.82) is 0 Å². The molecule has 6 nitrogen and oxygen atoms in total. The number of alkyl halides is 2. The Bertz CT molecular complexity index is 447. The van der Waals surface area contributed by atoms with Crippen LogP contribution in [0.25, 0.3) is 0 Å². The normalized spacial score (nSPS) is 35.8. The van der Waals surface area contributed by atoms with Crippen LogP contribution in [0.4, 0.5) is 8.78 Å². The molecule has 138 valence electrons. The van der Waals surface area contributed by atoms with Gasteiger partial charge in [-0.3, -0.25) is 9.69 Å². The molecule has 0 aromatic heterocycles. The molecule has 3 fully saturated rings. The molecule has 2 aliphatic heterocycles. The second-order valence-electron chi connectivity index (χ2n) is 7.15. The molecule has 1 aliphatic carbocycles. The maximum atomic E-state index is 13.2. The lowest BCUT2D eigenvalue weighted by Crippen LogP contribution is -2.61. The predicted octanol–water partition coefficient (Wildman–Crippen LogP) is 0.0767. The maximum absolute atomic E-state index is 13.2. The maximum Gasteiger partial charge on any atom is 0.248 e. The molecule has 3 rings (SSSR count).